The summed E-state index contributed by atoms with van der Waals surface area (Å²) in [6, 6.07) is -4.20. The highest BCUT2D eigenvalue weighted by Gasteiger charge is 2.38. The summed E-state index contributed by atoms with van der Waals surface area (Å²) >= 11 is 0. The van der Waals surface area contributed by atoms with Crippen LogP contribution in [-0.4, -0.2) is 85.5 Å². The van der Waals surface area contributed by atoms with Crippen LogP contribution in [0.1, 0.15) is 51.6 Å². The molecule has 13 heteroatoms. The van der Waals surface area contributed by atoms with E-state index in [1.165, 1.54) is 17.4 Å². The van der Waals surface area contributed by atoms with E-state index in [1.807, 2.05) is 13.8 Å². The fourth-order valence-corrected chi connectivity index (χ4v) is 3.97. The Morgan fingerprint density at radius 1 is 1.17 bits per heavy atom. The number of imidazole rings is 1. The molecule has 1 aromatic heterocycles. The summed E-state index contributed by atoms with van der Waals surface area (Å²) in [5, 5.41) is 23.5. The summed E-state index contributed by atoms with van der Waals surface area (Å²) in [7, 11) is 0. The number of carboxylic acid groups (broad SMARTS) is 2. The van der Waals surface area contributed by atoms with Crippen LogP contribution in [0, 0.1) is 5.92 Å². The first-order valence-electron chi connectivity index (χ1n) is 11.6. The van der Waals surface area contributed by atoms with E-state index in [0.717, 1.165) is 0 Å². The van der Waals surface area contributed by atoms with Crippen LogP contribution in [0.25, 0.3) is 0 Å². The minimum atomic E-state index is -1.14. The number of hydrogen-bond donors (Lipinski definition) is 6. The van der Waals surface area contributed by atoms with Gasteiger partial charge in [0.25, 0.3) is 0 Å². The maximum absolute atomic E-state index is 13.2. The van der Waals surface area contributed by atoms with Gasteiger partial charge in [-0.3, -0.25) is 19.2 Å². The third-order valence-corrected chi connectivity index (χ3v) is 5.76. The van der Waals surface area contributed by atoms with E-state index < -0.39 is 53.8 Å². The second kappa shape index (κ2) is 12.8. The molecule has 4 atom stereocenters. The molecule has 35 heavy (non-hydrogen) atoms. The van der Waals surface area contributed by atoms with E-state index in [2.05, 4.69) is 20.6 Å². The van der Waals surface area contributed by atoms with Gasteiger partial charge >= 0.3 is 11.9 Å². The molecule has 1 aromatic rings. The molecule has 1 aliphatic rings. The molecule has 2 heterocycles. The van der Waals surface area contributed by atoms with E-state index >= 15 is 0 Å². The first-order valence-corrected chi connectivity index (χ1v) is 11.6. The Balaban J connectivity index is 2.18. The number of aliphatic carboxylic acids is 2. The van der Waals surface area contributed by atoms with Crippen LogP contribution < -0.4 is 16.4 Å². The SMILES string of the molecule is CC(C)CC(NC(=O)C(Cc1cnc[nH]1)NC(=O)C(N)CCC(=O)O)C(=O)N1CCCC1C(=O)O. The van der Waals surface area contributed by atoms with Crippen molar-refractivity contribution in [3.8, 4) is 0 Å². The van der Waals surface area contributed by atoms with Crippen molar-refractivity contribution < 1.29 is 34.2 Å². The zero-order valence-corrected chi connectivity index (χ0v) is 19.9. The van der Waals surface area contributed by atoms with E-state index in [1.54, 1.807) is 0 Å². The van der Waals surface area contributed by atoms with Gasteiger partial charge in [-0.2, -0.15) is 0 Å². The third-order valence-electron chi connectivity index (χ3n) is 5.76. The van der Waals surface area contributed by atoms with Crippen molar-refractivity contribution in [3.63, 3.8) is 0 Å². The van der Waals surface area contributed by atoms with E-state index in [9.17, 15) is 29.1 Å². The molecule has 0 radical (unpaired) electrons. The quantitative estimate of drug-likeness (QED) is 0.203. The van der Waals surface area contributed by atoms with Crippen molar-refractivity contribution in [2.75, 3.05) is 6.54 Å². The van der Waals surface area contributed by atoms with Gasteiger partial charge in [-0.15, -0.1) is 0 Å². The number of aromatic nitrogens is 2. The van der Waals surface area contributed by atoms with Gasteiger partial charge in [-0.25, -0.2) is 9.78 Å². The average molecular weight is 495 g/mol. The van der Waals surface area contributed by atoms with Gasteiger partial charge in [-0.05, 0) is 31.6 Å². The van der Waals surface area contributed by atoms with Crippen LogP contribution >= 0.6 is 0 Å². The number of carbonyl (C=O) groups is 5. The number of nitrogens with one attached hydrogen (secondary N) is 3. The Morgan fingerprint density at radius 2 is 1.86 bits per heavy atom. The van der Waals surface area contributed by atoms with Crippen LogP contribution in [-0.2, 0) is 30.4 Å². The Hall–Kier alpha value is -3.48. The molecule has 0 saturated carbocycles. The molecule has 3 amide bonds. The van der Waals surface area contributed by atoms with Gasteiger partial charge in [0, 0.05) is 31.3 Å². The number of rotatable bonds is 13. The smallest absolute Gasteiger partial charge is 0.326 e. The Labute approximate surface area is 202 Å². The first kappa shape index (κ1) is 27.8. The summed E-state index contributed by atoms with van der Waals surface area (Å²) in [6.07, 6.45) is 3.67. The molecule has 1 aliphatic heterocycles. The highest BCUT2D eigenvalue weighted by molar-refractivity contribution is 5.94. The summed E-state index contributed by atoms with van der Waals surface area (Å²) in [6.45, 7) is 4.03. The van der Waals surface area contributed by atoms with Gasteiger partial charge in [0.15, 0.2) is 0 Å². The standard InChI is InChI=1S/C22H34N6O7/c1-12(2)8-16(21(33)28-7-3-4-17(28)22(34)35)27-20(32)15(9-13-10-24-11-25-13)26-19(31)14(23)5-6-18(29)30/h10-12,14-17H,3-9,23H2,1-2H3,(H,24,25)(H,26,31)(H,27,32)(H,29,30)(H,34,35). The Morgan fingerprint density at radius 3 is 2.43 bits per heavy atom. The predicted molar refractivity (Wildman–Crippen MR) is 123 cm³/mol. The van der Waals surface area contributed by atoms with Crippen LogP contribution in [0.15, 0.2) is 12.5 Å². The Bertz CT molecular complexity index is 904. The zero-order chi connectivity index (χ0) is 26.1. The number of likely N-dealkylation sites (tertiary alicyclic amines) is 1. The molecule has 7 N–H and O–H groups in total. The van der Waals surface area contributed by atoms with E-state index in [0.29, 0.717) is 18.5 Å². The molecule has 1 saturated heterocycles. The van der Waals surface area contributed by atoms with Crippen molar-refractivity contribution in [1.82, 2.24) is 25.5 Å². The maximum Gasteiger partial charge on any atom is 0.326 e. The summed E-state index contributed by atoms with van der Waals surface area (Å²) in [5.41, 5.74) is 6.33. The fourth-order valence-electron chi connectivity index (χ4n) is 3.97. The number of H-pyrrole nitrogens is 1. The lowest BCUT2D eigenvalue weighted by atomic mass is 10.0. The summed E-state index contributed by atoms with van der Waals surface area (Å²) in [4.78, 5) is 69.4. The van der Waals surface area contributed by atoms with Gasteiger partial charge in [0.2, 0.25) is 17.7 Å². The van der Waals surface area contributed by atoms with Crippen molar-refractivity contribution in [2.24, 2.45) is 11.7 Å². The van der Waals surface area contributed by atoms with Crippen molar-refractivity contribution in [1.29, 1.82) is 0 Å². The molecule has 4 unspecified atom stereocenters. The molecule has 0 bridgehead atoms. The van der Waals surface area contributed by atoms with E-state index in [4.69, 9.17) is 10.8 Å². The number of carbonyl (C=O) groups excluding carboxylic acids is 3. The highest BCUT2D eigenvalue weighted by atomic mass is 16.4. The second-order valence-corrected chi connectivity index (χ2v) is 9.10. The zero-order valence-electron chi connectivity index (χ0n) is 19.9. The number of carboxylic acids is 2. The molecule has 0 aliphatic carbocycles. The molecule has 2 rings (SSSR count). The Kier molecular flexibility index (Phi) is 10.2. The number of hydrogen-bond acceptors (Lipinski definition) is 7. The number of aromatic amines is 1. The minimum absolute atomic E-state index is 0.0141. The number of nitrogens with zero attached hydrogens (tertiary/aromatic N) is 2. The van der Waals surface area contributed by atoms with Gasteiger partial charge in [-0.1, -0.05) is 13.8 Å². The van der Waals surface area contributed by atoms with Crippen molar-refractivity contribution in [2.45, 2.75) is 76.5 Å². The predicted octanol–water partition coefficient (Wildman–Crippen LogP) is -0.764. The number of amides is 3. The van der Waals surface area contributed by atoms with E-state index in [-0.39, 0.29) is 38.1 Å². The first-order chi connectivity index (χ1) is 16.5. The molecular weight excluding hydrogens is 460 g/mol. The fraction of sp³-hybridized carbons (Fsp3) is 0.636. The monoisotopic (exact) mass is 494 g/mol. The molecule has 0 aromatic carbocycles. The molecule has 1 fully saturated rings. The van der Waals surface area contributed by atoms with Crippen molar-refractivity contribution in [3.05, 3.63) is 18.2 Å². The van der Waals surface area contributed by atoms with Crippen LogP contribution in [0.2, 0.25) is 0 Å². The lowest BCUT2D eigenvalue weighted by Crippen LogP contribution is -2.58. The molecular formula is C22H34N6O7. The lowest BCUT2D eigenvalue weighted by Gasteiger charge is -2.29. The number of nitrogens with two attached hydrogens (primary N) is 1. The van der Waals surface area contributed by atoms with Crippen LogP contribution in [0.4, 0.5) is 0 Å². The molecule has 194 valence electrons. The molecule has 13 nitrogen and oxygen atoms in total. The minimum Gasteiger partial charge on any atom is -0.481 e. The average Bonchev–Trinajstić information content (AvgIpc) is 3.47. The van der Waals surface area contributed by atoms with Crippen LogP contribution in [0.3, 0.4) is 0 Å². The topological polar surface area (TPSA) is 208 Å². The maximum atomic E-state index is 13.2. The summed E-state index contributed by atoms with van der Waals surface area (Å²) < 4.78 is 0. The third kappa shape index (κ3) is 8.35. The van der Waals surface area contributed by atoms with Gasteiger partial charge in [0.05, 0.1) is 12.4 Å². The second-order valence-electron chi connectivity index (χ2n) is 9.10. The highest BCUT2D eigenvalue weighted by Crippen LogP contribution is 2.20. The normalized spacial score (nSPS) is 18.1. The van der Waals surface area contributed by atoms with Gasteiger partial charge in [0.1, 0.15) is 18.1 Å². The molecule has 0 spiro atoms. The lowest BCUT2D eigenvalue weighted by molar-refractivity contribution is -0.149. The summed E-state index contributed by atoms with van der Waals surface area (Å²) in [5.74, 6) is -4.02. The van der Waals surface area contributed by atoms with Crippen molar-refractivity contribution >= 4 is 29.7 Å². The van der Waals surface area contributed by atoms with Crippen LogP contribution in [0.5, 0.6) is 0 Å². The largest absolute Gasteiger partial charge is 0.481 e. The van der Waals surface area contributed by atoms with Gasteiger partial charge < -0.3 is 36.5 Å².